The average Bonchev–Trinajstić information content (AvgIpc) is 3.04. The highest BCUT2D eigenvalue weighted by Gasteiger charge is 2.32. The maximum atomic E-state index is 12.7. The van der Waals surface area contributed by atoms with E-state index in [4.69, 9.17) is 0 Å². The number of nitrogens with zero attached hydrogens (tertiary/aromatic N) is 1. The van der Waals surface area contributed by atoms with Gasteiger partial charge in [0.15, 0.2) is 0 Å². The molecule has 0 aromatic carbocycles. The van der Waals surface area contributed by atoms with Crippen LogP contribution in [0.1, 0.15) is 57.4 Å². The Balaban J connectivity index is 1.99. The number of rotatable bonds is 4. The van der Waals surface area contributed by atoms with E-state index in [2.05, 4.69) is 37.5 Å². The molecule has 0 radical (unpaired) electrons. The molecule has 0 aliphatic heterocycles. The van der Waals surface area contributed by atoms with Crippen LogP contribution in [0.25, 0.3) is 0 Å². The number of amides is 2. The molecule has 0 saturated heterocycles. The molecule has 130 valence electrons. The van der Waals surface area contributed by atoms with Gasteiger partial charge in [0.25, 0.3) is 0 Å². The molecule has 2 N–H and O–H groups in total. The summed E-state index contributed by atoms with van der Waals surface area (Å²) in [6, 6.07) is 4.43. The number of aliphatic hydroxyl groups excluding tert-OH is 1. The summed E-state index contributed by atoms with van der Waals surface area (Å²) in [6.45, 7) is 6.74. The van der Waals surface area contributed by atoms with Crippen molar-refractivity contribution in [2.75, 3.05) is 13.7 Å². The van der Waals surface area contributed by atoms with E-state index >= 15 is 0 Å². The van der Waals surface area contributed by atoms with Gasteiger partial charge in [-0.05, 0) is 48.5 Å². The van der Waals surface area contributed by atoms with Crippen molar-refractivity contribution in [2.24, 2.45) is 11.3 Å². The summed E-state index contributed by atoms with van der Waals surface area (Å²) in [5, 5.41) is 14.5. The van der Waals surface area contributed by atoms with Crippen LogP contribution in [-0.4, -0.2) is 35.7 Å². The fourth-order valence-corrected chi connectivity index (χ4v) is 4.30. The largest absolute Gasteiger partial charge is 0.396 e. The van der Waals surface area contributed by atoms with Crippen LogP contribution in [0, 0.1) is 11.3 Å². The van der Waals surface area contributed by atoms with Gasteiger partial charge in [0, 0.05) is 24.6 Å². The summed E-state index contributed by atoms with van der Waals surface area (Å²) in [6.07, 6.45) is 3.97. The van der Waals surface area contributed by atoms with E-state index in [-0.39, 0.29) is 30.1 Å². The third-order valence-corrected chi connectivity index (χ3v) is 5.84. The minimum Gasteiger partial charge on any atom is -0.396 e. The highest BCUT2D eigenvalue weighted by Crippen LogP contribution is 2.35. The summed E-state index contributed by atoms with van der Waals surface area (Å²) in [5.74, 6) is 0.413. The zero-order valence-electron chi connectivity index (χ0n) is 14.7. The lowest BCUT2D eigenvalue weighted by molar-refractivity contribution is 0.128. The predicted molar refractivity (Wildman–Crippen MR) is 95.6 cm³/mol. The Labute approximate surface area is 143 Å². The lowest BCUT2D eigenvalue weighted by Gasteiger charge is -2.37. The lowest BCUT2D eigenvalue weighted by atomic mass is 9.85. The van der Waals surface area contributed by atoms with Crippen molar-refractivity contribution in [3.05, 3.63) is 22.4 Å². The molecule has 1 atom stereocenters. The zero-order chi connectivity index (χ0) is 17.0. The number of carbonyl (C=O) groups is 1. The van der Waals surface area contributed by atoms with Gasteiger partial charge in [-0.3, -0.25) is 0 Å². The first kappa shape index (κ1) is 18.3. The third kappa shape index (κ3) is 4.70. The van der Waals surface area contributed by atoms with Gasteiger partial charge in [-0.1, -0.05) is 26.8 Å². The molecule has 1 aliphatic carbocycles. The Morgan fingerprint density at radius 2 is 2.04 bits per heavy atom. The fraction of sp³-hybridized carbons (Fsp3) is 0.722. The normalized spacial score (nSPS) is 23.3. The van der Waals surface area contributed by atoms with E-state index in [1.165, 1.54) is 4.88 Å². The van der Waals surface area contributed by atoms with Gasteiger partial charge in [-0.15, -0.1) is 11.3 Å². The second kappa shape index (κ2) is 7.67. The van der Waals surface area contributed by atoms with Crippen molar-refractivity contribution in [3.63, 3.8) is 0 Å². The van der Waals surface area contributed by atoms with Crippen LogP contribution < -0.4 is 5.32 Å². The van der Waals surface area contributed by atoms with Crippen LogP contribution in [-0.2, 0) is 0 Å². The molecule has 2 rings (SSSR count). The van der Waals surface area contributed by atoms with Gasteiger partial charge in [0.1, 0.15) is 0 Å². The van der Waals surface area contributed by atoms with Crippen LogP contribution >= 0.6 is 11.3 Å². The fourth-order valence-electron chi connectivity index (χ4n) is 3.28. The van der Waals surface area contributed by atoms with Gasteiger partial charge in [-0.2, -0.15) is 0 Å². The summed E-state index contributed by atoms with van der Waals surface area (Å²) in [7, 11) is 1.90. The summed E-state index contributed by atoms with van der Waals surface area (Å²) < 4.78 is 0. The van der Waals surface area contributed by atoms with Gasteiger partial charge in [-0.25, -0.2) is 4.79 Å². The quantitative estimate of drug-likeness (QED) is 0.871. The van der Waals surface area contributed by atoms with E-state index in [0.29, 0.717) is 5.92 Å². The summed E-state index contributed by atoms with van der Waals surface area (Å²) in [5.41, 5.74) is -0.0318. The predicted octanol–water partition coefficient (Wildman–Crippen LogP) is 4.03. The smallest absolute Gasteiger partial charge is 0.317 e. The molecule has 1 aliphatic rings. The van der Waals surface area contributed by atoms with Crippen molar-refractivity contribution < 1.29 is 9.90 Å². The Morgan fingerprint density at radius 3 is 2.52 bits per heavy atom. The van der Waals surface area contributed by atoms with E-state index in [0.717, 1.165) is 25.7 Å². The molecule has 23 heavy (non-hydrogen) atoms. The summed E-state index contributed by atoms with van der Waals surface area (Å²) in [4.78, 5) is 15.8. The maximum Gasteiger partial charge on any atom is 0.317 e. The molecule has 1 aromatic heterocycles. The SMILES string of the molecule is CN(C(=O)NC(c1cccs1)C(C)(C)C)C1CCC(CO)CC1. The van der Waals surface area contributed by atoms with Gasteiger partial charge in [0.2, 0.25) is 0 Å². The molecule has 1 saturated carbocycles. The van der Waals surface area contributed by atoms with Gasteiger partial charge < -0.3 is 15.3 Å². The average molecular weight is 339 g/mol. The lowest BCUT2D eigenvalue weighted by Crippen LogP contribution is -2.48. The number of nitrogens with one attached hydrogen (secondary N) is 1. The Morgan fingerprint density at radius 1 is 1.39 bits per heavy atom. The molecule has 1 heterocycles. The Hall–Kier alpha value is -1.07. The monoisotopic (exact) mass is 338 g/mol. The minimum atomic E-state index is -0.0318. The molecule has 1 fully saturated rings. The Kier molecular flexibility index (Phi) is 6.09. The second-order valence-corrected chi connectivity index (χ2v) is 8.71. The highest BCUT2D eigenvalue weighted by atomic mass is 32.1. The molecular formula is C18H30N2O2S. The van der Waals surface area contributed by atoms with Crippen molar-refractivity contribution in [1.29, 1.82) is 0 Å². The standard InChI is InChI=1S/C18H30N2O2S/c1-18(2,3)16(15-6-5-11-23-15)19-17(22)20(4)14-9-7-13(12-21)8-10-14/h5-6,11,13-14,16,21H,7-10,12H2,1-4H3,(H,19,22). The van der Waals surface area contributed by atoms with Gasteiger partial charge in [0.05, 0.1) is 6.04 Å². The third-order valence-electron chi connectivity index (χ3n) is 4.90. The van der Waals surface area contributed by atoms with Crippen molar-refractivity contribution in [1.82, 2.24) is 10.2 Å². The minimum absolute atomic E-state index is 0.00535. The first-order valence-corrected chi connectivity index (χ1v) is 9.38. The van der Waals surface area contributed by atoms with Crippen molar-refractivity contribution in [2.45, 2.75) is 58.5 Å². The number of carbonyl (C=O) groups excluding carboxylic acids is 1. The first-order valence-electron chi connectivity index (χ1n) is 8.50. The van der Waals surface area contributed by atoms with E-state index in [9.17, 15) is 9.90 Å². The first-order chi connectivity index (χ1) is 10.8. The number of hydrogen-bond acceptors (Lipinski definition) is 3. The molecule has 0 bridgehead atoms. The number of thiophene rings is 1. The van der Waals surface area contributed by atoms with Crippen molar-refractivity contribution in [3.8, 4) is 0 Å². The number of hydrogen-bond donors (Lipinski definition) is 2. The zero-order valence-corrected chi connectivity index (χ0v) is 15.5. The molecule has 1 aromatic rings. The van der Waals surface area contributed by atoms with Crippen LogP contribution in [0.3, 0.4) is 0 Å². The van der Waals surface area contributed by atoms with Crippen LogP contribution in [0.2, 0.25) is 0 Å². The molecule has 4 nitrogen and oxygen atoms in total. The highest BCUT2D eigenvalue weighted by molar-refractivity contribution is 7.10. The Bertz CT molecular complexity index is 488. The molecular weight excluding hydrogens is 308 g/mol. The summed E-state index contributed by atoms with van der Waals surface area (Å²) >= 11 is 1.69. The molecule has 2 amide bonds. The van der Waals surface area contributed by atoms with Crippen molar-refractivity contribution >= 4 is 17.4 Å². The maximum absolute atomic E-state index is 12.7. The van der Waals surface area contributed by atoms with Gasteiger partial charge >= 0.3 is 6.03 Å². The molecule has 1 unspecified atom stereocenters. The molecule has 5 heteroatoms. The van der Waals surface area contributed by atoms with Crippen LogP contribution in [0.15, 0.2) is 17.5 Å². The van der Waals surface area contributed by atoms with E-state index in [1.54, 1.807) is 11.3 Å². The van der Waals surface area contributed by atoms with E-state index in [1.807, 2.05) is 18.0 Å². The number of urea groups is 1. The van der Waals surface area contributed by atoms with Crippen LogP contribution in [0.4, 0.5) is 4.79 Å². The topological polar surface area (TPSA) is 52.6 Å². The van der Waals surface area contributed by atoms with E-state index < -0.39 is 0 Å². The second-order valence-electron chi connectivity index (χ2n) is 7.73. The van der Waals surface area contributed by atoms with Crippen LogP contribution in [0.5, 0.6) is 0 Å². The number of aliphatic hydroxyl groups is 1. The molecule has 0 spiro atoms.